The highest BCUT2D eigenvalue weighted by molar-refractivity contribution is 7.13. The van der Waals surface area contributed by atoms with Gasteiger partial charge in [-0.3, -0.25) is 5.32 Å². The van der Waals surface area contributed by atoms with Crippen molar-refractivity contribution in [1.29, 1.82) is 0 Å². The lowest BCUT2D eigenvalue weighted by Gasteiger charge is -2.07. The van der Waals surface area contributed by atoms with Crippen LogP contribution in [-0.4, -0.2) is 32.3 Å². The fourth-order valence-electron chi connectivity index (χ4n) is 1.73. The van der Waals surface area contributed by atoms with E-state index in [2.05, 4.69) is 14.8 Å². The summed E-state index contributed by atoms with van der Waals surface area (Å²) in [5, 5.41) is 3.85. The molecule has 23 heavy (non-hydrogen) atoms. The summed E-state index contributed by atoms with van der Waals surface area (Å²) in [6.45, 7) is 0. The second kappa shape index (κ2) is 7.41. The molecule has 0 spiro atoms. The molecule has 0 saturated carbocycles. The van der Waals surface area contributed by atoms with Crippen LogP contribution in [0.5, 0.6) is 5.75 Å². The lowest BCUT2D eigenvalue weighted by Crippen LogP contribution is -2.19. The number of hydrogen-bond acceptors (Lipinski definition) is 7. The molecular formula is C15H13NO6S. The molecule has 120 valence electrons. The maximum atomic E-state index is 11.9. The first kappa shape index (κ1) is 16.5. The Kier molecular flexibility index (Phi) is 5.32. The molecule has 1 N–H and O–H groups in total. The van der Waals surface area contributed by atoms with Crippen molar-refractivity contribution in [2.75, 3.05) is 19.5 Å². The molecule has 0 aliphatic heterocycles. The highest BCUT2D eigenvalue weighted by Gasteiger charge is 2.26. The van der Waals surface area contributed by atoms with Gasteiger partial charge in [-0.2, -0.15) is 0 Å². The average Bonchev–Trinajstić information content (AvgIpc) is 2.97. The highest BCUT2D eigenvalue weighted by Crippen LogP contribution is 2.29. The largest absolute Gasteiger partial charge is 0.465 e. The Bertz CT molecular complexity index is 725. The van der Waals surface area contributed by atoms with Crippen LogP contribution in [0.3, 0.4) is 0 Å². The number of ether oxygens (including phenoxy) is 3. The Morgan fingerprint density at radius 1 is 1.00 bits per heavy atom. The molecule has 7 nitrogen and oxygen atoms in total. The zero-order valence-corrected chi connectivity index (χ0v) is 13.1. The van der Waals surface area contributed by atoms with Crippen molar-refractivity contribution in [2.45, 2.75) is 0 Å². The van der Waals surface area contributed by atoms with Crippen LogP contribution in [0.1, 0.15) is 20.0 Å². The molecule has 0 unspecified atom stereocenters. The average molecular weight is 335 g/mol. The third kappa shape index (κ3) is 3.86. The maximum Gasteiger partial charge on any atom is 0.417 e. The van der Waals surface area contributed by atoms with Gasteiger partial charge in [0, 0.05) is 5.38 Å². The summed E-state index contributed by atoms with van der Waals surface area (Å²) in [6, 6.07) is 8.41. The van der Waals surface area contributed by atoms with E-state index in [9.17, 15) is 14.4 Å². The van der Waals surface area contributed by atoms with Gasteiger partial charge in [-0.1, -0.05) is 18.2 Å². The van der Waals surface area contributed by atoms with Gasteiger partial charge in [0.05, 0.1) is 19.9 Å². The Morgan fingerprint density at radius 2 is 1.65 bits per heavy atom. The Morgan fingerprint density at radius 3 is 2.26 bits per heavy atom. The number of amides is 1. The van der Waals surface area contributed by atoms with Crippen LogP contribution in [-0.2, 0) is 9.47 Å². The number of para-hydroxylation sites is 1. The zero-order valence-electron chi connectivity index (χ0n) is 12.3. The lowest BCUT2D eigenvalue weighted by atomic mass is 10.2. The maximum absolute atomic E-state index is 11.9. The van der Waals surface area contributed by atoms with Gasteiger partial charge < -0.3 is 14.2 Å². The van der Waals surface area contributed by atoms with Gasteiger partial charge in [0.2, 0.25) is 0 Å². The Hall–Kier alpha value is -2.87. The second-order valence-corrected chi connectivity index (χ2v) is 5.04. The number of thiophene rings is 1. The van der Waals surface area contributed by atoms with Crippen LogP contribution in [0.15, 0.2) is 35.7 Å². The standard InChI is InChI=1S/C15H13NO6S/c1-20-13(17)11-10(8-23-12(11)14(18)21-2)16-15(19)22-9-6-4-3-5-7-9/h3-8H,1-2H3,(H,16,19). The van der Waals surface area contributed by atoms with Crippen molar-refractivity contribution in [3.8, 4) is 5.75 Å². The number of benzene rings is 1. The number of rotatable bonds is 4. The SMILES string of the molecule is COC(=O)c1scc(NC(=O)Oc2ccccc2)c1C(=O)OC. The number of esters is 2. The molecule has 8 heteroatoms. The summed E-state index contributed by atoms with van der Waals surface area (Å²) in [4.78, 5) is 35.5. The van der Waals surface area contributed by atoms with Crippen molar-refractivity contribution >= 4 is 35.1 Å². The van der Waals surface area contributed by atoms with E-state index >= 15 is 0 Å². The molecule has 0 atom stereocenters. The van der Waals surface area contributed by atoms with E-state index < -0.39 is 18.0 Å². The van der Waals surface area contributed by atoms with Gasteiger partial charge in [0.25, 0.3) is 0 Å². The van der Waals surface area contributed by atoms with E-state index in [1.807, 2.05) is 0 Å². The molecule has 1 amide bonds. The van der Waals surface area contributed by atoms with Crippen molar-refractivity contribution < 1.29 is 28.6 Å². The molecular weight excluding hydrogens is 322 g/mol. The van der Waals surface area contributed by atoms with E-state index in [-0.39, 0.29) is 16.1 Å². The monoisotopic (exact) mass is 335 g/mol. The summed E-state index contributed by atoms with van der Waals surface area (Å²) in [6.07, 6.45) is -0.796. The number of anilines is 1. The van der Waals surface area contributed by atoms with Crippen LogP contribution in [0.4, 0.5) is 10.5 Å². The topological polar surface area (TPSA) is 90.9 Å². The van der Waals surface area contributed by atoms with Gasteiger partial charge in [-0.25, -0.2) is 14.4 Å². The van der Waals surface area contributed by atoms with Crippen molar-refractivity contribution in [3.05, 3.63) is 46.2 Å². The lowest BCUT2D eigenvalue weighted by molar-refractivity contribution is 0.0561. The first-order chi connectivity index (χ1) is 11.1. The summed E-state index contributed by atoms with van der Waals surface area (Å²) >= 11 is 0.955. The number of carbonyl (C=O) groups excluding carboxylic acids is 3. The van der Waals surface area contributed by atoms with Crippen LogP contribution >= 0.6 is 11.3 Å². The molecule has 1 aromatic heterocycles. The predicted molar refractivity (Wildman–Crippen MR) is 83.1 cm³/mol. The smallest absolute Gasteiger partial charge is 0.417 e. The molecule has 0 saturated heterocycles. The van der Waals surface area contributed by atoms with E-state index in [4.69, 9.17) is 4.74 Å². The summed E-state index contributed by atoms with van der Waals surface area (Å²) in [7, 11) is 2.37. The minimum absolute atomic E-state index is 0.0364. The number of carbonyl (C=O) groups is 3. The van der Waals surface area contributed by atoms with Gasteiger partial charge in [0.1, 0.15) is 16.2 Å². The molecule has 0 aliphatic carbocycles. The number of methoxy groups -OCH3 is 2. The molecule has 1 aromatic carbocycles. The third-order valence-corrected chi connectivity index (χ3v) is 3.70. The minimum Gasteiger partial charge on any atom is -0.465 e. The van der Waals surface area contributed by atoms with Crippen LogP contribution in [0.25, 0.3) is 0 Å². The van der Waals surface area contributed by atoms with Gasteiger partial charge in [-0.05, 0) is 12.1 Å². The predicted octanol–water partition coefficient (Wildman–Crippen LogP) is 2.93. The first-order valence-corrected chi connectivity index (χ1v) is 7.26. The van der Waals surface area contributed by atoms with Crippen LogP contribution < -0.4 is 10.1 Å². The van der Waals surface area contributed by atoms with Gasteiger partial charge >= 0.3 is 18.0 Å². The molecule has 2 aromatic rings. The zero-order chi connectivity index (χ0) is 16.8. The molecule has 0 fully saturated rings. The third-order valence-electron chi connectivity index (χ3n) is 2.74. The van der Waals surface area contributed by atoms with Gasteiger partial charge in [0.15, 0.2) is 0 Å². The first-order valence-electron chi connectivity index (χ1n) is 6.38. The van der Waals surface area contributed by atoms with E-state index in [1.165, 1.54) is 19.6 Å². The number of nitrogens with one attached hydrogen (secondary N) is 1. The fraction of sp³-hybridized carbons (Fsp3) is 0.133. The normalized spacial score (nSPS) is 9.83. The summed E-state index contributed by atoms with van der Waals surface area (Å²) in [5.74, 6) is -1.12. The minimum atomic E-state index is -0.796. The molecule has 2 rings (SSSR count). The van der Waals surface area contributed by atoms with E-state index in [1.54, 1.807) is 30.3 Å². The number of hydrogen-bond donors (Lipinski definition) is 1. The van der Waals surface area contributed by atoms with E-state index in [0.717, 1.165) is 11.3 Å². The summed E-state index contributed by atoms with van der Waals surface area (Å²) in [5.41, 5.74) is 0.0394. The Balaban J connectivity index is 2.22. The molecule has 1 heterocycles. The van der Waals surface area contributed by atoms with E-state index in [0.29, 0.717) is 5.75 Å². The second-order valence-electron chi connectivity index (χ2n) is 4.16. The Labute approximate surface area is 135 Å². The fourth-order valence-corrected chi connectivity index (χ4v) is 2.63. The van der Waals surface area contributed by atoms with Crippen molar-refractivity contribution in [1.82, 2.24) is 0 Å². The molecule has 0 aliphatic rings. The van der Waals surface area contributed by atoms with Crippen LogP contribution in [0.2, 0.25) is 0 Å². The highest BCUT2D eigenvalue weighted by atomic mass is 32.1. The van der Waals surface area contributed by atoms with Crippen molar-refractivity contribution in [3.63, 3.8) is 0 Å². The quantitative estimate of drug-likeness (QED) is 0.864. The van der Waals surface area contributed by atoms with Crippen LogP contribution in [0, 0.1) is 0 Å². The summed E-state index contributed by atoms with van der Waals surface area (Å²) < 4.78 is 14.3. The van der Waals surface area contributed by atoms with Gasteiger partial charge in [-0.15, -0.1) is 11.3 Å². The molecule has 0 radical (unpaired) electrons. The van der Waals surface area contributed by atoms with Crippen molar-refractivity contribution in [2.24, 2.45) is 0 Å². The molecule has 0 bridgehead atoms.